The minimum atomic E-state index is -0.145. The van der Waals surface area contributed by atoms with E-state index in [9.17, 15) is 9.59 Å². The Bertz CT molecular complexity index is 960. The number of fused-ring (bicyclic) bond motifs is 2. The Labute approximate surface area is 163 Å². The topological polar surface area (TPSA) is 52.7 Å². The number of benzene rings is 1. The molecule has 4 rings (SSSR count). The normalized spacial score (nSPS) is 16.9. The number of amides is 2. The van der Waals surface area contributed by atoms with Gasteiger partial charge >= 0.3 is 0 Å². The zero-order valence-electron chi connectivity index (χ0n) is 15.8. The molecule has 0 spiro atoms. The number of hydrogen-bond acceptors (Lipinski definition) is 4. The summed E-state index contributed by atoms with van der Waals surface area (Å²) in [6, 6.07) is 7.53. The van der Waals surface area contributed by atoms with Crippen LogP contribution >= 0.6 is 11.3 Å². The molecule has 2 aliphatic rings. The van der Waals surface area contributed by atoms with Crippen LogP contribution in [0.4, 0.5) is 17.1 Å². The molecular formula is C21H23N3O2S. The van der Waals surface area contributed by atoms with Gasteiger partial charge in [-0.2, -0.15) is 0 Å². The minimum Gasteiger partial charge on any atom is -0.320 e. The highest BCUT2D eigenvalue weighted by Gasteiger charge is 2.33. The van der Waals surface area contributed by atoms with Crippen molar-refractivity contribution >= 4 is 40.2 Å². The van der Waals surface area contributed by atoms with E-state index in [0.717, 1.165) is 40.6 Å². The quantitative estimate of drug-likeness (QED) is 0.792. The lowest BCUT2D eigenvalue weighted by atomic mass is 10.0. The van der Waals surface area contributed by atoms with Gasteiger partial charge in [0.15, 0.2) is 0 Å². The fourth-order valence-corrected chi connectivity index (χ4v) is 4.83. The highest BCUT2D eigenvalue weighted by atomic mass is 32.1. The summed E-state index contributed by atoms with van der Waals surface area (Å²) in [7, 11) is 2.08. The summed E-state index contributed by atoms with van der Waals surface area (Å²) in [5.74, 6) is -0.134. The van der Waals surface area contributed by atoms with Gasteiger partial charge in [0.25, 0.3) is 5.91 Å². The minimum absolute atomic E-state index is 0.0110. The summed E-state index contributed by atoms with van der Waals surface area (Å²) >= 11 is 1.56. The largest absolute Gasteiger partial charge is 0.320 e. The summed E-state index contributed by atoms with van der Waals surface area (Å²) < 4.78 is 0. The van der Waals surface area contributed by atoms with Crippen LogP contribution in [0.25, 0.3) is 0 Å². The molecule has 3 heterocycles. The molecule has 27 heavy (non-hydrogen) atoms. The number of carbonyl (C=O) groups is 2. The zero-order valence-corrected chi connectivity index (χ0v) is 16.7. The number of aryl methyl sites for hydroxylation is 2. The molecule has 6 heteroatoms. The SMILES string of the molecule is Cc1sc(C)c2c1C(=O)Nc1ccccc1N2C(=O)CC1=CCN(C)CC1. The van der Waals surface area contributed by atoms with Crippen molar-refractivity contribution in [2.45, 2.75) is 26.7 Å². The molecule has 0 atom stereocenters. The van der Waals surface area contributed by atoms with Crippen LogP contribution in [0, 0.1) is 13.8 Å². The van der Waals surface area contributed by atoms with E-state index in [-0.39, 0.29) is 11.8 Å². The van der Waals surface area contributed by atoms with Crippen molar-refractivity contribution in [3.8, 4) is 0 Å². The lowest BCUT2D eigenvalue weighted by Gasteiger charge is -2.26. The fourth-order valence-electron chi connectivity index (χ4n) is 3.79. The first-order valence-corrected chi connectivity index (χ1v) is 9.97. The van der Waals surface area contributed by atoms with Crippen molar-refractivity contribution in [3.63, 3.8) is 0 Å². The summed E-state index contributed by atoms with van der Waals surface area (Å²) in [5.41, 5.74) is 3.93. The third-order valence-corrected chi connectivity index (χ3v) is 6.22. The van der Waals surface area contributed by atoms with Gasteiger partial charge in [-0.15, -0.1) is 11.3 Å². The Balaban J connectivity index is 1.80. The average molecular weight is 382 g/mol. The Kier molecular flexibility index (Phi) is 4.61. The highest BCUT2D eigenvalue weighted by Crippen LogP contribution is 2.44. The Morgan fingerprint density at radius 3 is 2.74 bits per heavy atom. The molecule has 0 unspecified atom stereocenters. The predicted octanol–water partition coefficient (Wildman–Crippen LogP) is 4.25. The van der Waals surface area contributed by atoms with Gasteiger partial charge < -0.3 is 10.2 Å². The number of nitrogens with zero attached hydrogens (tertiary/aromatic N) is 2. The number of thiophene rings is 1. The average Bonchev–Trinajstić information content (AvgIpc) is 2.84. The lowest BCUT2D eigenvalue weighted by molar-refractivity contribution is -0.117. The van der Waals surface area contributed by atoms with Crippen molar-refractivity contribution in [1.29, 1.82) is 0 Å². The lowest BCUT2D eigenvalue weighted by Crippen LogP contribution is -2.29. The maximum absolute atomic E-state index is 13.4. The van der Waals surface area contributed by atoms with Crippen LogP contribution in [0.15, 0.2) is 35.9 Å². The molecular weight excluding hydrogens is 358 g/mol. The number of anilines is 3. The molecule has 0 bridgehead atoms. The number of carbonyl (C=O) groups excluding carboxylic acids is 2. The second-order valence-corrected chi connectivity index (χ2v) is 8.62. The maximum atomic E-state index is 13.4. The van der Waals surface area contributed by atoms with Crippen molar-refractivity contribution in [1.82, 2.24) is 4.90 Å². The van der Waals surface area contributed by atoms with Crippen LogP contribution in [0.3, 0.4) is 0 Å². The Hall–Kier alpha value is -2.44. The van der Waals surface area contributed by atoms with E-state index in [0.29, 0.717) is 17.7 Å². The standard InChI is InChI=1S/C21H23N3O2S/c1-13-19-20(14(2)27-13)24(17-7-5-4-6-16(17)22-21(19)26)18(25)12-15-8-10-23(3)11-9-15/h4-8H,9-12H2,1-3H3,(H,22,26). The molecule has 0 aliphatic carbocycles. The maximum Gasteiger partial charge on any atom is 0.258 e. The van der Waals surface area contributed by atoms with Crippen molar-refractivity contribution in [3.05, 3.63) is 51.2 Å². The van der Waals surface area contributed by atoms with E-state index < -0.39 is 0 Å². The highest BCUT2D eigenvalue weighted by molar-refractivity contribution is 7.13. The first kappa shape index (κ1) is 17.9. The first-order chi connectivity index (χ1) is 13.0. The fraction of sp³-hybridized carbons (Fsp3) is 0.333. The second-order valence-electron chi connectivity index (χ2n) is 7.19. The van der Waals surface area contributed by atoms with Crippen molar-refractivity contribution < 1.29 is 9.59 Å². The number of hydrogen-bond donors (Lipinski definition) is 1. The molecule has 0 fully saturated rings. The van der Waals surface area contributed by atoms with Crippen LogP contribution in [-0.2, 0) is 4.79 Å². The number of nitrogens with one attached hydrogen (secondary N) is 1. The molecule has 1 N–H and O–H groups in total. The second kappa shape index (κ2) is 6.94. The molecule has 1 aromatic heterocycles. The van der Waals surface area contributed by atoms with Crippen LogP contribution in [0.5, 0.6) is 0 Å². The van der Waals surface area contributed by atoms with E-state index in [4.69, 9.17) is 0 Å². The summed E-state index contributed by atoms with van der Waals surface area (Å²) in [6.07, 6.45) is 3.44. The van der Waals surface area contributed by atoms with Crippen LogP contribution in [0.1, 0.15) is 33.0 Å². The van der Waals surface area contributed by atoms with E-state index in [1.165, 1.54) is 5.57 Å². The van der Waals surface area contributed by atoms with Crippen molar-refractivity contribution in [2.24, 2.45) is 0 Å². The van der Waals surface area contributed by atoms with Gasteiger partial charge in [-0.3, -0.25) is 14.5 Å². The number of rotatable bonds is 2. The van der Waals surface area contributed by atoms with E-state index in [1.54, 1.807) is 16.2 Å². The van der Waals surface area contributed by atoms with Crippen molar-refractivity contribution in [2.75, 3.05) is 30.4 Å². The molecule has 0 radical (unpaired) electrons. The van der Waals surface area contributed by atoms with Gasteiger partial charge in [0, 0.05) is 29.3 Å². The summed E-state index contributed by atoms with van der Waals surface area (Å²) in [6.45, 7) is 5.76. The summed E-state index contributed by atoms with van der Waals surface area (Å²) in [4.78, 5) is 32.2. The number of para-hydroxylation sites is 2. The number of likely N-dealkylation sites (N-methyl/N-ethyl adjacent to an activating group) is 1. The van der Waals surface area contributed by atoms with E-state index in [2.05, 4.69) is 23.3 Å². The van der Waals surface area contributed by atoms with Crippen LogP contribution < -0.4 is 10.2 Å². The van der Waals surface area contributed by atoms with E-state index in [1.807, 2.05) is 38.1 Å². The van der Waals surface area contributed by atoms with Gasteiger partial charge in [-0.25, -0.2) is 0 Å². The van der Waals surface area contributed by atoms with Gasteiger partial charge in [-0.1, -0.05) is 23.8 Å². The van der Waals surface area contributed by atoms with E-state index >= 15 is 0 Å². The van der Waals surface area contributed by atoms with Gasteiger partial charge in [-0.05, 0) is 39.4 Å². The van der Waals surface area contributed by atoms with Gasteiger partial charge in [0.2, 0.25) is 5.91 Å². The predicted molar refractivity (Wildman–Crippen MR) is 110 cm³/mol. The molecule has 5 nitrogen and oxygen atoms in total. The third kappa shape index (κ3) is 3.19. The Morgan fingerprint density at radius 2 is 2.00 bits per heavy atom. The van der Waals surface area contributed by atoms with Gasteiger partial charge in [0.05, 0.1) is 22.6 Å². The molecule has 140 valence electrons. The molecule has 2 aromatic rings. The Morgan fingerprint density at radius 1 is 1.22 bits per heavy atom. The molecule has 2 amide bonds. The van der Waals surface area contributed by atoms with Gasteiger partial charge in [0.1, 0.15) is 0 Å². The molecule has 0 saturated carbocycles. The monoisotopic (exact) mass is 381 g/mol. The molecule has 1 aromatic carbocycles. The third-order valence-electron chi connectivity index (χ3n) is 5.21. The molecule has 2 aliphatic heterocycles. The van der Waals surface area contributed by atoms with Crippen LogP contribution in [0.2, 0.25) is 0 Å². The molecule has 0 saturated heterocycles. The summed E-state index contributed by atoms with van der Waals surface area (Å²) in [5, 5.41) is 2.98. The zero-order chi connectivity index (χ0) is 19.1. The smallest absolute Gasteiger partial charge is 0.258 e. The first-order valence-electron chi connectivity index (χ1n) is 9.15. The van der Waals surface area contributed by atoms with Crippen LogP contribution in [-0.4, -0.2) is 36.9 Å².